The second-order valence-electron chi connectivity index (χ2n) is 10.1. The Hall–Kier alpha value is -3.36. The average Bonchev–Trinajstić information content (AvgIpc) is 3.13. The fourth-order valence-electron chi connectivity index (χ4n) is 4.77. The zero-order chi connectivity index (χ0) is 26.5. The number of Topliss-reactive ketones (excluding diaryl/α,β-unsaturated/α-hetero) is 1. The maximum atomic E-state index is 13.3. The summed E-state index contributed by atoms with van der Waals surface area (Å²) in [6.45, 7) is 10.8. The summed E-state index contributed by atoms with van der Waals surface area (Å²) in [5, 5.41) is 21.1. The number of hydrogen-bond acceptors (Lipinski definition) is 7. The summed E-state index contributed by atoms with van der Waals surface area (Å²) < 4.78 is 11.3. The van der Waals surface area contributed by atoms with E-state index >= 15 is 0 Å². The van der Waals surface area contributed by atoms with Crippen LogP contribution in [0.3, 0.4) is 0 Å². The van der Waals surface area contributed by atoms with Gasteiger partial charge in [-0.1, -0.05) is 26.0 Å². The molecule has 198 valence electrons. The predicted molar refractivity (Wildman–Crippen MR) is 141 cm³/mol. The Morgan fingerprint density at radius 1 is 1.08 bits per heavy atom. The first-order valence-corrected chi connectivity index (χ1v) is 12.9. The Morgan fingerprint density at radius 3 is 2.43 bits per heavy atom. The molecule has 8 nitrogen and oxygen atoms in total. The second-order valence-corrected chi connectivity index (χ2v) is 10.1. The molecule has 0 spiro atoms. The molecule has 2 fully saturated rings. The molecule has 4 rings (SSSR count). The normalized spacial score (nSPS) is 20.1. The van der Waals surface area contributed by atoms with Gasteiger partial charge in [-0.15, -0.1) is 0 Å². The Balaban J connectivity index is 1.65. The predicted octanol–water partition coefficient (Wildman–Crippen LogP) is 3.88. The van der Waals surface area contributed by atoms with E-state index in [0.29, 0.717) is 55.6 Å². The smallest absolute Gasteiger partial charge is 0.295 e. The maximum Gasteiger partial charge on any atom is 0.295 e. The molecule has 0 aromatic heterocycles. The Kier molecular flexibility index (Phi) is 8.51. The van der Waals surface area contributed by atoms with Crippen molar-refractivity contribution in [3.05, 3.63) is 64.7 Å². The first-order valence-electron chi connectivity index (χ1n) is 12.9. The lowest BCUT2D eigenvalue weighted by molar-refractivity contribution is -0.140. The minimum Gasteiger partial charge on any atom is -0.508 e. The molecule has 0 bridgehead atoms. The van der Waals surface area contributed by atoms with E-state index in [9.17, 15) is 19.8 Å². The van der Waals surface area contributed by atoms with Crippen LogP contribution in [-0.4, -0.2) is 77.7 Å². The van der Waals surface area contributed by atoms with Gasteiger partial charge in [-0.3, -0.25) is 14.5 Å². The molecule has 2 aliphatic rings. The van der Waals surface area contributed by atoms with Crippen LogP contribution < -0.4 is 4.74 Å². The first-order chi connectivity index (χ1) is 17.8. The van der Waals surface area contributed by atoms with E-state index in [1.807, 2.05) is 6.92 Å². The van der Waals surface area contributed by atoms with Gasteiger partial charge in [0.2, 0.25) is 0 Å². The zero-order valence-electron chi connectivity index (χ0n) is 21.8. The van der Waals surface area contributed by atoms with Crippen molar-refractivity contribution in [2.24, 2.45) is 5.92 Å². The van der Waals surface area contributed by atoms with Crippen LogP contribution in [-0.2, 0) is 14.3 Å². The number of carbonyl (C=O) groups excluding carboxylic acids is 2. The van der Waals surface area contributed by atoms with Crippen LogP contribution in [0.4, 0.5) is 0 Å². The van der Waals surface area contributed by atoms with E-state index in [2.05, 4.69) is 18.7 Å². The van der Waals surface area contributed by atoms with E-state index in [1.165, 1.54) is 17.0 Å². The van der Waals surface area contributed by atoms with Crippen molar-refractivity contribution in [3.63, 3.8) is 0 Å². The van der Waals surface area contributed by atoms with Crippen LogP contribution in [0.2, 0.25) is 0 Å². The molecule has 0 aliphatic carbocycles. The van der Waals surface area contributed by atoms with Crippen LogP contribution >= 0.6 is 0 Å². The fourth-order valence-corrected chi connectivity index (χ4v) is 4.77. The third kappa shape index (κ3) is 6.14. The number of nitrogens with zero attached hydrogens (tertiary/aromatic N) is 2. The molecule has 2 heterocycles. The molecule has 2 N–H and O–H groups in total. The molecular formula is C29H36N2O6. The van der Waals surface area contributed by atoms with Crippen molar-refractivity contribution < 1.29 is 29.3 Å². The summed E-state index contributed by atoms with van der Waals surface area (Å²) in [5.41, 5.74) is 1.98. The van der Waals surface area contributed by atoms with Gasteiger partial charge in [0, 0.05) is 31.7 Å². The largest absolute Gasteiger partial charge is 0.508 e. The lowest BCUT2D eigenvalue weighted by Gasteiger charge is -2.29. The van der Waals surface area contributed by atoms with Crippen LogP contribution in [0.15, 0.2) is 48.0 Å². The summed E-state index contributed by atoms with van der Waals surface area (Å²) in [7, 11) is 0. The molecule has 0 radical (unpaired) electrons. The number of aliphatic hydroxyl groups is 1. The van der Waals surface area contributed by atoms with E-state index in [0.717, 1.165) is 25.2 Å². The first kappa shape index (κ1) is 26.7. The van der Waals surface area contributed by atoms with E-state index in [-0.39, 0.29) is 17.1 Å². The van der Waals surface area contributed by atoms with Gasteiger partial charge in [0.05, 0.1) is 31.4 Å². The van der Waals surface area contributed by atoms with Crippen LogP contribution in [0.1, 0.15) is 43.0 Å². The third-order valence-electron chi connectivity index (χ3n) is 6.75. The van der Waals surface area contributed by atoms with Gasteiger partial charge in [0.25, 0.3) is 11.7 Å². The summed E-state index contributed by atoms with van der Waals surface area (Å²) >= 11 is 0. The molecule has 1 amide bonds. The standard InChI is InChI=1S/C29H36N2O6/c1-19(2)18-37-24-10-7-22(17-20(24)3)27(33)25-26(21-5-8-23(32)9-6-21)31(29(35)28(25)34)12-4-11-30-13-15-36-16-14-30/h5-10,17,19,26,32-33H,4,11-16,18H2,1-3H3/b27-25+/t26-/m0/s1. The zero-order valence-corrected chi connectivity index (χ0v) is 21.8. The van der Waals surface area contributed by atoms with Crippen molar-refractivity contribution in [2.75, 3.05) is 46.0 Å². The Morgan fingerprint density at radius 2 is 1.78 bits per heavy atom. The van der Waals surface area contributed by atoms with Gasteiger partial charge in [-0.2, -0.15) is 0 Å². The number of benzene rings is 2. The van der Waals surface area contributed by atoms with Crippen molar-refractivity contribution in [1.82, 2.24) is 9.80 Å². The summed E-state index contributed by atoms with van der Waals surface area (Å²) in [6.07, 6.45) is 0.683. The highest BCUT2D eigenvalue weighted by Crippen LogP contribution is 2.40. The highest BCUT2D eigenvalue weighted by Gasteiger charge is 2.45. The van der Waals surface area contributed by atoms with Gasteiger partial charge in [-0.05, 0) is 60.7 Å². The van der Waals surface area contributed by atoms with E-state index < -0.39 is 17.7 Å². The molecule has 8 heteroatoms. The second kappa shape index (κ2) is 11.8. The molecule has 2 aromatic rings. The molecule has 1 atom stereocenters. The quantitative estimate of drug-likeness (QED) is 0.301. The Bertz CT molecular complexity index is 1150. The molecule has 0 unspecified atom stereocenters. The van der Waals surface area contributed by atoms with Gasteiger partial charge in [0.1, 0.15) is 17.3 Å². The van der Waals surface area contributed by atoms with Crippen molar-refractivity contribution in [1.29, 1.82) is 0 Å². The molecular weight excluding hydrogens is 472 g/mol. The maximum absolute atomic E-state index is 13.3. The number of rotatable bonds is 9. The lowest BCUT2D eigenvalue weighted by atomic mass is 9.94. The number of phenols is 1. The molecule has 37 heavy (non-hydrogen) atoms. The number of morpholine rings is 1. The summed E-state index contributed by atoms with van der Waals surface area (Å²) in [5.74, 6) is -0.387. The topological polar surface area (TPSA) is 99.5 Å². The van der Waals surface area contributed by atoms with Gasteiger partial charge >= 0.3 is 0 Å². The van der Waals surface area contributed by atoms with Gasteiger partial charge < -0.3 is 24.6 Å². The minimum atomic E-state index is -0.748. The van der Waals surface area contributed by atoms with Crippen molar-refractivity contribution in [2.45, 2.75) is 33.2 Å². The Labute approximate surface area is 218 Å². The van der Waals surface area contributed by atoms with Crippen LogP contribution in [0.5, 0.6) is 11.5 Å². The number of aromatic hydroxyl groups is 1. The molecule has 2 aliphatic heterocycles. The number of likely N-dealkylation sites (tertiary alicyclic amines) is 1. The van der Waals surface area contributed by atoms with E-state index in [1.54, 1.807) is 30.3 Å². The molecule has 2 aromatic carbocycles. The summed E-state index contributed by atoms with van der Waals surface area (Å²) in [6, 6.07) is 10.9. The number of hydrogen-bond donors (Lipinski definition) is 2. The molecule has 2 saturated heterocycles. The number of phenolic OH excluding ortho intramolecular Hbond substituents is 1. The van der Waals surface area contributed by atoms with Crippen molar-refractivity contribution in [3.8, 4) is 11.5 Å². The van der Waals surface area contributed by atoms with Crippen LogP contribution in [0.25, 0.3) is 5.76 Å². The number of amides is 1. The minimum absolute atomic E-state index is 0.0531. The number of aliphatic hydroxyl groups excluding tert-OH is 1. The average molecular weight is 509 g/mol. The van der Waals surface area contributed by atoms with Gasteiger partial charge in [-0.25, -0.2) is 0 Å². The van der Waals surface area contributed by atoms with Crippen molar-refractivity contribution >= 4 is 17.4 Å². The summed E-state index contributed by atoms with van der Waals surface area (Å²) in [4.78, 5) is 30.3. The SMILES string of the molecule is Cc1cc(/C(O)=C2\C(=O)C(=O)N(CCCN3CCOCC3)[C@H]2c2ccc(O)cc2)ccc1OCC(C)C. The lowest BCUT2D eigenvalue weighted by Crippen LogP contribution is -2.38. The fraction of sp³-hybridized carbons (Fsp3) is 0.448. The number of ketones is 1. The highest BCUT2D eigenvalue weighted by atomic mass is 16.5. The van der Waals surface area contributed by atoms with E-state index in [4.69, 9.17) is 9.47 Å². The monoisotopic (exact) mass is 508 g/mol. The third-order valence-corrected chi connectivity index (χ3v) is 6.75. The highest BCUT2D eigenvalue weighted by molar-refractivity contribution is 6.46. The van der Waals surface area contributed by atoms with Gasteiger partial charge in [0.15, 0.2) is 0 Å². The van der Waals surface area contributed by atoms with Crippen LogP contribution in [0, 0.1) is 12.8 Å². The number of carbonyl (C=O) groups is 2. The number of ether oxygens (including phenoxy) is 2. The molecule has 0 saturated carbocycles. The number of aryl methyl sites for hydroxylation is 1.